The van der Waals surface area contributed by atoms with Crippen molar-refractivity contribution in [1.82, 2.24) is 0 Å². The Kier molecular flexibility index (Phi) is 5.07. The van der Waals surface area contributed by atoms with E-state index in [1.807, 2.05) is 0 Å². The topological polar surface area (TPSA) is 21.8 Å². The second kappa shape index (κ2) is 5.84. The van der Waals surface area contributed by atoms with Crippen LogP contribution in [-0.2, 0) is 9.47 Å². The fourth-order valence-corrected chi connectivity index (χ4v) is 1.38. The number of ether oxygens (including phenoxy) is 2. The van der Waals surface area contributed by atoms with E-state index in [0.29, 0.717) is 12.0 Å². The summed E-state index contributed by atoms with van der Waals surface area (Å²) in [7, 11) is 0. The summed E-state index contributed by atoms with van der Waals surface area (Å²) in [6.45, 7) is 6.01. The highest BCUT2D eigenvalue weighted by molar-refractivity contribution is 6.18. The van der Waals surface area contributed by atoms with Crippen LogP contribution in [0, 0.1) is 5.92 Å². The fourth-order valence-electron chi connectivity index (χ4n) is 1.13. The van der Waals surface area contributed by atoms with Gasteiger partial charge in [0.05, 0.1) is 19.3 Å². The van der Waals surface area contributed by atoms with Gasteiger partial charge in [-0.05, 0) is 18.8 Å². The molecule has 2 unspecified atom stereocenters. The Morgan fingerprint density at radius 1 is 1.46 bits per heavy atom. The maximum absolute atomic E-state index is 5.79. The zero-order valence-electron chi connectivity index (χ0n) is 8.46. The highest BCUT2D eigenvalue weighted by Gasteiger charge is 2.24. The lowest BCUT2D eigenvalue weighted by molar-refractivity contribution is 0.0481. The predicted octanol–water partition coefficient (Wildman–Crippen LogP) is 2.45. The van der Waals surface area contributed by atoms with E-state index < -0.39 is 0 Å². The average Bonchev–Trinajstić information content (AvgIpc) is 2.88. The van der Waals surface area contributed by atoms with Gasteiger partial charge in [0.1, 0.15) is 6.10 Å². The van der Waals surface area contributed by atoms with Crippen LogP contribution in [0.5, 0.6) is 0 Å². The molecule has 0 amide bonds. The molecular weight excluding hydrogens is 188 g/mol. The van der Waals surface area contributed by atoms with Crippen LogP contribution in [0.2, 0.25) is 0 Å². The van der Waals surface area contributed by atoms with Crippen LogP contribution < -0.4 is 0 Å². The first-order valence-electron chi connectivity index (χ1n) is 5.01. The van der Waals surface area contributed by atoms with Gasteiger partial charge < -0.3 is 9.47 Å². The zero-order valence-corrected chi connectivity index (χ0v) is 9.22. The Bertz CT molecular complexity index is 129. The van der Waals surface area contributed by atoms with Crippen LogP contribution in [0.1, 0.15) is 26.7 Å². The third-order valence-corrected chi connectivity index (χ3v) is 2.50. The quantitative estimate of drug-likeness (QED) is 0.472. The molecule has 0 aliphatic carbocycles. The van der Waals surface area contributed by atoms with Crippen molar-refractivity contribution in [3.05, 3.63) is 0 Å². The van der Waals surface area contributed by atoms with E-state index in [9.17, 15) is 0 Å². The monoisotopic (exact) mass is 206 g/mol. The van der Waals surface area contributed by atoms with E-state index in [4.69, 9.17) is 21.1 Å². The predicted molar refractivity (Wildman–Crippen MR) is 54.3 cm³/mol. The fraction of sp³-hybridized carbons (Fsp3) is 1.00. The van der Waals surface area contributed by atoms with Gasteiger partial charge in [-0.2, -0.15) is 0 Å². The second-order valence-electron chi connectivity index (χ2n) is 4.04. The van der Waals surface area contributed by atoms with Crippen molar-refractivity contribution >= 4 is 11.6 Å². The van der Waals surface area contributed by atoms with Gasteiger partial charge in [0.15, 0.2) is 0 Å². The minimum atomic E-state index is 0.216. The Balaban J connectivity index is 2.02. The van der Waals surface area contributed by atoms with Crippen LogP contribution in [0.15, 0.2) is 0 Å². The molecule has 0 saturated carbocycles. The van der Waals surface area contributed by atoms with Crippen LogP contribution >= 0.6 is 11.6 Å². The molecule has 0 radical (unpaired) electrons. The molecule has 1 aliphatic rings. The second-order valence-corrected chi connectivity index (χ2v) is 4.34. The van der Waals surface area contributed by atoms with Crippen molar-refractivity contribution in [1.29, 1.82) is 0 Å². The van der Waals surface area contributed by atoms with Gasteiger partial charge >= 0.3 is 0 Å². The summed E-state index contributed by atoms with van der Waals surface area (Å²) in [4.78, 5) is 0. The Morgan fingerprint density at radius 2 is 2.15 bits per heavy atom. The summed E-state index contributed by atoms with van der Waals surface area (Å²) in [6, 6.07) is 0. The van der Waals surface area contributed by atoms with Gasteiger partial charge in [-0.25, -0.2) is 0 Å². The van der Waals surface area contributed by atoms with Crippen LogP contribution in [0.25, 0.3) is 0 Å². The molecule has 1 saturated heterocycles. The number of epoxide rings is 1. The lowest BCUT2D eigenvalue weighted by atomic mass is 10.1. The molecule has 0 aromatic carbocycles. The highest BCUT2D eigenvalue weighted by atomic mass is 35.5. The summed E-state index contributed by atoms with van der Waals surface area (Å²) in [5, 5.41) is 0. The van der Waals surface area contributed by atoms with E-state index in [-0.39, 0.29) is 6.10 Å². The summed E-state index contributed by atoms with van der Waals surface area (Å²) in [5.41, 5.74) is 0. The van der Waals surface area contributed by atoms with Gasteiger partial charge in [0.2, 0.25) is 0 Å². The molecule has 1 heterocycles. The van der Waals surface area contributed by atoms with Crippen molar-refractivity contribution in [3.8, 4) is 0 Å². The Morgan fingerprint density at radius 3 is 2.62 bits per heavy atom. The van der Waals surface area contributed by atoms with E-state index in [1.54, 1.807) is 0 Å². The van der Waals surface area contributed by atoms with Gasteiger partial charge in [0.25, 0.3) is 0 Å². The molecule has 1 fully saturated rings. The normalized spacial score (nSPS) is 23.5. The molecule has 2 nitrogen and oxygen atoms in total. The molecule has 78 valence electrons. The molecule has 3 heteroatoms. The molecule has 0 bridgehead atoms. The number of hydrogen-bond acceptors (Lipinski definition) is 2. The largest absolute Gasteiger partial charge is 0.374 e. The molecular formula is C10H19ClO2. The average molecular weight is 207 g/mol. The van der Waals surface area contributed by atoms with Crippen molar-refractivity contribution in [2.24, 2.45) is 5.92 Å². The molecule has 0 N–H and O–H groups in total. The molecule has 0 aromatic rings. The summed E-state index contributed by atoms with van der Waals surface area (Å²) < 4.78 is 10.7. The van der Waals surface area contributed by atoms with Crippen molar-refractivity contribution < 1.29 is 9.47 Å². The first-order valence-corrected chi connectivity index (χ1v) is 5.55. The first kappa shape index (κ1) is 11.3. The number of hydrogen-bond donors (Lipinski definition) is 0. The molecule has 1 aliphatic heterocycles. The van der Waals surface area contributed by atoms with Crippen molar-refractivity contribution in [2.75, 3.05) is 19.1 Å². The molecule has 1 rings (SSSR count). The highest BCUT2D eigenvalue weighted by Crippen LogP contribution is 2.14. The summed E-state index contributed by atoms with van der Waals surface area (Å²) in [5.74, 6) is 1.32. The third-order valence-electron chi connectivity index (χ3n) is 2.16. The van der Waals surface area contributed by atoms with E-state index in [1.165, 1.54) is 6.42 Å². The number of halogens is 1. The van der Waals surface area contributed by atoms with Crippen LogP contribution in [-0.4, -0.2) is 31.3 Å². The minimum absolute atomic E-state index is 0.216. The maximum atomic E-state index is 5.79. The molecule has 13 heavy (non-hydrogen) atoms. The first-order chi connectivity index (χ1) is 6.22. The third kappa shape index (κ3) is 5.50. The van der Waals surface area contributed by atoms with E-state index >= 15 is 0 Å². The van der Waals surface area contributed by atoms with Gasteiger partial charge in [-0.15, -0.1) is 11.6 Å². The lowest BCUT2D eigenvalue weighted by Crippen LogP contribution is -2.18. The van der Waals surface area contributed by atoms with Gasteiger partial charge in [-0.3, -0.25) is 0 Å². The zero-order chi connectivity index (χ0) is 9.68. The summed E-state index contributed by atoms with van der Waals surface area (Å²) in [6.07, 6.45) is 2.81. The molecule has 0 spiro atoms. The Labute approximate surface area is 85.5 Å². The number of rotatable bonds is 7. The van der Waals surface area contributed by atoms with E-state index in [0.717, 1.165) is 25.6 Å². The van der Waals surface area contributed by atoms with Crippen molar-refractivity contribution in [3.63, 3.8) is 0 Å². The van der Waals surface area contributed by atoms with Crippen LogP contribution in [0.4, 0.5) is 0 Å². The molecule has 0 aromatic heterocycles. The van der Waals surface area contributed by atoms with Gasteiger partial charge in [-0.1, -0.05) is 13.8 Å². The minimum Gasteiger partial charge on any atom is -0.374 e. The maximum Gasteiger partial charge on any atom is 0.104 e. The lowest BCUT2D eigenvalue weighted by Gasteiger charge is -2.15. The van der Waals surface area contributed by atoms with Crippen LogP contribution in [0.3, 0.4) is 0 Å². The summed E-state index contributed by atoms with van der Waals surface area (Å²) >= 11 is 5.79. The standard InChI is InChI=1S/C10H19ClO2/c1-8(2)3-4-9(5-11)12-6-10-7-13-10/h8-10H,3-7H2,1-2H3. The molecule has 2 atom stereocenters. The Hall–Kier alpha value is 0.210. The SMILES string of the molecule is CC(C)CCC(CCl)OCC1CO1. The van der Waals surface area contributed by atoms with Crippen molar-refractivity contribution in [2.45, 2.75) is 38.9 Å². The smallest absolute Gasteiger partial charge is 0.104 e. The van der Waals surface area contributed by atoms with E-state index in [2.05, 4.69) is 13.8 Å². The van der Waals surface area contributed by atoms with Gasteiger partial charge in [0, 0.05) is 5.88 Å². The number of alkyl halides is 1.